The molecule has 7 nitrogen and oxygen atoms in total. The first-order valence-corrected chi connectivity index (χ1v) is 13.2. The standard InChI is InChI=1S/C30H35N3O4/c1-7-9-35-28-17(5)29-30(37-14-36-29)25-19(28)12-22-26-24-18(10-15(3)16(4)27(24)34)11-21(32(26)6)23(13-31)33(22)20(25)8-2/h7,10,20-23,26,34H,1,8-9,11-12,14H2,2-6H3/t20-,21-,22?,23?,26-/m0/s1. The number of likely N-dealkylation sites (N-methyl/N-ethyl adjacent to an activating group) is 1. The van der Waals surface area contributed by atoms with E-state index in [9.17, 15) is 10.4 Å². The first-order chi connectivity index (χ1) is 17.8. The van der Waals surface area contributed by atoms with Crippen LogP contribution in [-0.2, 0) is 12.8 Å². The van der Waals surface area contributed by atoms with Gasteiger partial charge in [0.15, 0.2) is 11.5 Å². The molecule has 0 spiro atoms. The van der Waals surface area contributed by atoms with Gasteiger partial charge in [-0.05, 0) is 63.8 Å². The molecule has 1 fully saturated rings. The van der Waals surface area contributed by atoms with Crippen LogP contribution < -0.4 is 14.2 Å². The molecule has 1 saturated heterocycles. The van der Waals surface area contributed by atoms with Crippen molar-refractivity contribution in [2.75, 3.05) is 20.4 Å². The lowest BCUT2D eigenvalue weighted by atomic mass is 9.71. The number of piperazine rings is 1. The van der Waals surface area contributed by atoms with Gasteiger partial charge in [0.05, 0.1) is 12.1 Å². The number of ether oxygens (including phenoxy) is 3. The monoisotopic (exact) mass is 501 g/mol. The molecule has 0 aromatic heterocycles. The predicted octanol–water partition coefficient (Wildman–Crippen LogP) is 4.79. The molecule has 2 unspecified atom stereocenters. The van der Waals surface area contributed by atoms with Gasteiger partial charge in [-0.25, -0.2) is 0 Å². The van der Waals surface area contributed by atoms with Gasteiger partial charge in [-0.15, -0.1) is 0 Å². The Hall–Kier alpha value is -3.21. The van der Waals surface area contributed by atoms with E-state index in [0.717, 1.165) is 69.0 Å². The Kier molecular flexibility index (Phi) is 5.66. The van der Waals surface area contributed by atoms with Gasteiger partial charge in [0.2, 0.25) is 6.79 Å². The lowest BCUT2D eigenvalue weighted by molar-refractivity contribution is -0.0736. The van der Waals surface area contributed by atoms with E-state index in [0.29, 0.717) is 18.8 Å². The summed E-state index contributed by atoms with van der Waals surface area (Å²) in [5, 5.41) is 22.0. The topological polar surface area (TPSA) is 78.2 Å². The molecule has 5 atom stereocenters. The number of rotatable bonds is 4. The number of hydrogen-bond donors (Lipinski definition) is 1. The highest BCUT2D eigenvalue weighted by atomic mass is 16.7. The second kappa shape index (κ2) is 8.68. The Morgan fingerprint density at radius 1 is 1.16 bits per heavy atom. The Morgan fingerprint density at radius 2 is 1.92 bits per heavy atom. The lowest BCUT2D eigenvalue weighted by Crippen LogP contribution is -2.68. The van der Waals surface area contributed by atoms with Crippen LogP contribution >= 0.6 is 0 Å². The fraction of sp³-hybridized carbons (Fsp3) is 0.500. The highest BCUT2D eigenvalue weighted by Gasteiger charge is 2.56. The van der Waals surface area contributed by atoms with Crippen LogP contribution in [0.4, 0.5) is 0 Å². The molecule has 0 radical (unpaired) electrons. The maximum Gasteiger partial charge on any atom is 0.231 e. The third-order valence-corrected chi connectivity index (χ3v) is 9.17. The van der Waals surface area contributed by atoms with Gasteiger partial charge in [0, 0.05) is 40.4 Å². The molecule has 0 aliphatic carbocycles. The summed E-state index contributed by atoms with van der Waals surface area (Å²) in [6, 6.07) is 4.56. The van der Waals surface area contributed by atoms with Crippen molar-refractivity contribution < 1.29 is 19.3 Å². The fourth-order valence-corrected chi connectivity index (χ4v) is 7.44. The molecular weight excluding hydrogens is 466 g/mol. The van der Waals surface area contributed by atoms with Gasteiger partial charge in [-0.3, -0.25) is 9.80 Å². The number of phenolic OH excluding ortho intramolecular Hbond substituents is 1. The van der Waals surface area contributed by atoms with E-state index in [1.165, 1.54) is 0 Å². The van der Waals surface area contributed by atoms with E-state index in [2.05, 4.69) is 49.4 Å². The molecule has 2 aromatic rings. The highest BCUT2D eigenvalue weighted by Crippen LogP contribution is 2.58. The van der Waals surface area contributed by atoms with E-state index < -0.39 is 0 Å². The van der Waals surface area contributed by atoms with E-state index in [4.69, 9.17) is 14.2 Å². The smallest absolute Gasteiger partial charge is 0.231 e. The van der Waals surface area contributed by atoms with Gasteiger partial charge >= 0.3 is 0 Å². The number of aryl methyl sites for hydroxylation is 1. The zero-order valence-corrected chi connectivity index (χ0v) is 22.3. The third kappa shape index (κ3) is 3.19. The Labute approximate surface area is 218 Å². The van der Waals surface area contributed by atoms with Crippen molar-refractivity contribution in [3.05, 3.63) is 57.7 Å². The number of phenols is 1. The quantitative estimate of drug-likeness (QED) is 0.604. The van der Waals surface area contributed by atoms with Crippen LogP contribution in [0.2, 0.25) is 0 Å². The number of aromatic hydroxyl groups is 1. The maximum absolute atomic E-state index is 11.4. The van der Waals surface area contributed by atoms with Crippen molar-refractivity contribution in [2.24, 2.45) is 0 Å². The Morgan fingerprint density at radius 3 is 2.62 bits per heavy atom. The van der Waals surface area contributed by atoms with E-state index in [1.807, 2.05) is 13.8 Å². The van der Waals surface area contributed by atoms with Crippen LogP contribution in [0.25, 0.3) is 0 Å². The van der Waals surface area contributed by atoms with Crippen molar-refractivity contribution in [3.8, 4) is 29.1 Å². The van der Waals surface area contributed by atoms with E-state index in [1.54, 1.807) is 6.08 Å². The van der Waals surface area contributed by atoms with Crippen LogP contribution in [0, 0.1) is 32.1 Å². The molecule has 0 saturated carbocycles. The van der Waals surface area contributed by atoms with Gasteiger partial charge in [0.1, 0.15) is 24.1 Å². The van der Waals surface area contributed by atoms with Crippen molar-refractivity contribution in [1.82, 2.24) is 9.80 Å². The molecule has 4 aliphatic rings. The minimum atomic E-state index is -0.293. The summed E-state index contributed by atoms with van der Waals surface area (Å²) in [6.07, 6.45) is 3.99. The predicted molar refractivity (Wildman–Crippen MR) is 140 cm³/mol. The minimum absolute atomic E-state index is 0.0127. The van der Waals surface area contributed by atoms with Gasteiger partial charge in [-0.2, -0.15) is 5.26 Å². The van der Waals surface area contributed by atoms with E-state index >= 15 is 0 Å². The number of hydrogen-bond acceptors (Lipinski definition) is 7. The van der Waals surface area contributed by atoms with E-state index in [-0.39, 0.29) is 37.0 Å². The molecule has 6 rings (SSSR count). The molecule has 0 amide bonds. The summed E-state index contributed by atoms with van der Waals surface area (Å²) in [6.45, 7) is 12.7. The van der Waals surface area contributed by atoms with Crippen LogP contribution in [0.15, 0.2) is 18.7 Å². The fourth-order valence-electron chi connectivity index (χ4n) is 7.44. The Balaban J connectivity index is 1.61. The summed E-state index contributed by atoms with van der Waals surface area (Å²) in [5.41, 5.74) is 7.34. The first kappa shape index (κ1) is 24.1. The number of nitrogens with zero attached hydrogens (tertiary/aromatic N) is 3. The number of nitriles is 1. The van der Waals surface area contributed by atoms with Crippen molar-refractivity contribution in [1.29, 1.82) is 5.26 Å². The average Bonchev–Trinajstić information content (AvgIpc) is 3.37. The summed E-state index contributed by atoms with van der Waals surface area (Å²) >= 11 is 0. The number of fused-ring (bicyclic) bond motifs is 9. The van der Waals surface area contributed by atoms with Crippen LogP contribution in [0.5, 0.6) is 23.0 Å². The summed E-state index contributed by atoms with van der Waals surface area (Å²) < 4.78 is 18.3. The van der Waals surface area contributed by atoms with Crippen LogP contribution in [-0.4, -0.2) is 53.5 Å². The Bertz CT molecular complexity index is 1350. The molecule has 2 bridgehead atoms. The second-order valence-electron chi connectivity index (χ2n) is 10.8. The largest absolute Gasteiger partial charge is 0.507 e. The minimum Gasteiger partial charge on any atom is -0.507 e. The first-order valence-electron chi connectivity index (χ1n) is 13.2. The molecule has 37 heavy (non-hydrogen) atoms. The zero-order valence-electron chi connectivity index (χ0n) is 22.3. The van der Waals surface area contributed by atoms with Gasteiger partial charge < -0.3 is 19.3 Å². The number of benzene rings is 2. The van der Waals surface area contributed by atoms with Crippen molar-refractivity contribution in [3.63, 3.8) is 0 Å². The molecular formula is C30H35N3O4. The van der Waals surface area contributed by atoms with Crippen LogP contribution in [0.3, 0.4) is 0 Å². The normalized spacial score (nSPS) is 27.6. The van der Waals surface area contributed by atoms with Crippen LogP contribution in [0.1, 0.15) is 64.4 Å². The lowest BCUT2D eigenvalue weighted by Gasteiger charge is -2.60. The molecule has 194 valence electrons. The molecule has 4 aliphatic heterocycles. The summed E-state index contributed by atoms with van der Waals surface area (Å²) in [7, 11) is 2.12. The summed E-state index contributed by atoms with van der Waals surface area (Å²) in [5.74, 6) is 2.76. The highest BCUT2D eigenvalue weighted by molar-refractivity contribution is 5.66. The molecule has 7 heteroatoms. The maximum atomic E-state index is 11.4. The molecule has 1 N–H and O–H groups in total. The van der Waals surface area contributed by atoms with Gasteiger partial charge in [0.25, 0.3) is 0 Å². The molecule has 2 aromatic carbocycles. The van der Waals surface area contributed by atoms with Crippen molar-refractivity contribution in [2.45, 2.75) is 77.2 Å². The SMILES string of the molecule is C=CCOc1c(C)c2c(c3c1CC1[C@H]4c5c(cc(C)c(C)c5O)C[C@@H](C(C#N)N1[C@H]3CC)N4C)OCO2. The van der Waals surface area contributed by atoms with Gasteiger partial charge in [-0.1, -0.05) is 25.6 Å². The second-order valence-corrected chi connectivity index (χ2v) is 10.8. The average molecular weight is 502 g/mol. The third-order valence-electron chi connectivity index (χ3n) is 9.17. The van der Waals surface area contributed by atoms with Crippen molar-refractivity contribution >= 4 is 0 Å². The zero-order chi connectivity index (χ0) is 26.2. The molecule has 4 heterocycles. The summed E-state index contributed by atoms with van der Waals surface area (Å²) in [4.78, 5) is 4.76.